The molecule has 2 aliphatic rings. The molecule has 3 aromatic rings. The van der Waals surface area contributed by atoms with Gasteiger partial charge in [-0.05, 0) is 0 Å². The Bertz CT molecular complexity index is 1430. The highest BCUT2D eigenvalue weighted by molar-refractivity contribution is 6.23. The first-order chi connectivity index (χ1) is 14.1. The highest BCUT2D eigenvalue weighted by atomic mass is 19.2. The van der Waals surface area contributed by atoms with Crippen LogP contribution in [0.5, 0.6) is 0 Å². The lowest BCUT2D eigenvalue weighted by Gasteiger charge is -2.28. The van der Waals surface area contributed by atoms with Crippen molar-refractivity contribution in [3.05, 3.63) is 63.2 Å². The molecule has 30 heavy (non-hydrogen) atoms. The Hall–Kier alpha value is -3.96. The van der Waals surface area contributed by atoms with Crippen molar-refractivity contribution >= 4 is 39.9 Å². The molecule has 2 aromatic carbocycles. The molecule has 0 aliphatic carbocycles. The lowest BCUT2D eigenvalue weighted by Crippen LogP contribution is -2.38. The van der Waals surface area contributed by atoms with Gasteiger partial charge in [-0.2, -0.15) is 0 Å². The van der Waals surface area contributed by atoms with E-state index < -0.39 is 62.6 Å². The van der Waals surface area contributed by atoms with Crippen molar-refractivity contribution in [3.63, 3.8) is 0 Å². The van der Waals surface area contributed by atoms with Gasteiger partial charge < -0.3 is 10.0 Å². The van der Waals surface area contributed by atoms with Crippen molar-refractivity contribution in [1.29, 1.82) is 0 Å². The van der Waals surface area contributed by atoms with Crippen molar-refractivity contribution in [3.8, 4) is 0 Å². The highest BCUT2D eigenvalue weighted by Crippen LogP contribution is 2.47. The minimum absolute atomic E-state index is 0.0270. The number of benzene rings is 2. The van der Waals surface area contributed by atoms with E-state index in [0.29, 0.717) is 0 Å². The van der Waals surface area contributed by atoms with Crippen LogP contribution in [-0.4, -0.2) is 28.8 Å². The second-order valence-corrected chi connectivity index (χ2v) is 6.59. The molecule has 0 fully saturated rings. The van der Waals surface area contributed by atoms with Crippen LogP contribution in [-0.2, 0) is 0 Å². The second-order valence-electron chi connectivity index (χ2n) is 6.59. The van der Waals surface area contributed by atoms with E-state index >= 15 is 0 Å². The van der Waals surface area contributed by atoms with Crippen molar-refractivity contribution in [2.45, 2.75) is 0 Å². The minimum atomic E-state index is -2.02. The molecular formula is C18H7F5N4O3. The zero-order valence-corrected chi connectivity index (χ0v) is 14.7. The first-order valence-corrected chi connectivity index (χ1v) is 8.24. The van der Waals surface area contributed by atoms with Gasteiger partial charge in [0.2, 0.25) is 11.4 Å². The summed E-state index contributed by atoms with van der Waals surface area (Å²) in [6.45, 7) is 0. The average Bonchev–Trinajstić information content (AvgIpc) is 2.95. The molecule has 2 aliphatic heterocycles. The molecule has 7 nitrogen and oxygen atoms in total. The van der Waals surface area contributed by atoms with Crippen LogP contribution in [0.2, 0.25) is 0 Å². The maximum atomic E-state index is 14.9. The number of carboxylic acids is 1. The number of hydrogen-bond acceptors (Lipinski definition) is 5. The summed E-state index contributed by atoms with van der Waals surface area (Å²) in [5.74, 6) is -10.0. The smallest absolute Gasteiger partial charge is 0.341 e. The van der Waals surface area contributed by atoms with Crippen LogP contribution in [0.15, 0.2) is 28.2 Å². The van der Waals surface area contributed by atoms with Gasteiger partial charge in [-0.1, -0.05) is 0 Å². The number of anilines is 3. The molecule has 0 unspecified atom stereocenters. The van der Waals surface area contributed by atoms with Gasteiger partial charge in [0.25, 0.3) is 0 Å². The predicted octanol–water partition coefficient (Wildman–Crippen LogP) is 3.12. The SMILES string of the molecule is CN1C2=Nn3cc(C(=O)O)c(=O)c4c(F)c(F)c(F)c(c43)N2c2cc(F)c(F)cc21. The van der Waals surface area contributed by atoms with Crippen molar-refractivity contribution in [2.75, 3.05) is 16.8 Å². The Morgan fingerprint density at radius 2 is 1.63 bits per heavy atom. The number of fused-ring (bicyclic) bond motifs is 4. The van der Waals surface area contributed by atoms with E-state index in [1.807, 2.05) is 0 Å². The van der Waals surface area contributed by atoms with Gasteiger partial charge in [0.05, 0.1) is 16.8 Å². The molecule has 0 atom stereocenters. The van der Waals surface area contributed by atoms with E-state index in [0.717, 1.165) is 27.9 Å². The first kappa shape index (κ1) is 18.1. The standard InChI is InChI=1S/C18H7F5N4O3/c1-25-8-2-6(19)7(20)3-9(8)27-15-13(23)12(22)11(21)10-14(15)26(24-18(25)27)4-5(16(10)28)17(29)30/h2-4H,1H3,(H,29,30). The van der Waals surface area contributed by atoms with Crippen LogP contribution >= 0.6 is 0 Å². The maximum absolute atomic E-state index is 14.9. The third-order valence-corrected chi connectivity index (χ3v) is 5.00. The van der Waals surface area contributed by atoms with Crippen molar-refractivity contribution in [1.82, 2.24) is 4.68 Å². The molecule has 0 saturated heterocycles. The normalized spacial score (nSPS) is 14.1. The van der Waals surface area contributed by atoms with Crippen LogP contribution in [0.1, 0.15) is 10.4 Å². The van der Waals surface area contributed by atoms with E-state index in [1.54, 1.807) is 0 Å². The maximum Gasteiger partial charge on any atom is 0.341 e. The van der Waals surface area contributed by atoms with E-state index in [1.165, 1.54) is 11.9 Å². The van der Waals surface area contributed by atoms with E-state index in [4.69, 9.17) is 0 Å². The van der Waals surface area contributed by atoms with Crippen molar-refractivity contribution < 1.29 is 31.9 Å². The molecule has 0 spiro atoms. The van der Waals surface area contributed by atoms with E-state index in [-0.39, 0.29) is 17.3 Å². The van der Waals surface area contributed by atoms with Crippen molar-refractivity contribution in [2.24, 2.45) is 5.10 Å². The largest absolute Gasteiger partial charge is 0.477 e. The first-order valence-electron chi connectivity index (χ1n) is 8.24. The summed E-state index contributed by atoms with van der Waals surface area (Å²) < 4.78 is 72.2. The number of pyridine rings is 1. The second kappa shape index (κ2) is 5.55. The average molecular weight is 422 g/mol. The molecule has 152 valence electrons. The number of aromatic carboxylic acids is 1. The van der Waals surface area contributed by atoms with Crippen LogP contribution < -0.4 is 15.2 Å². The topological polar surface area (TPSA) is 78.1 Å². The molecule has 5 rings (SSSR count). The fraction of sp³-hybridized carbons (Fsp3) is 0.0556. The summed E-state index contributed by atoms with van der Waals surface area (Å²) in [4.78, 5) is 26.0. The molecule has 3 heterocycles. The molecule has 0 bridgehead atoms. The summed E-state index contributed by atoms with van der Waals surface area (Å²) >= 11 is 0. The van der Waals surface area contributed by atoms with Gasteiger partial charge in [-0.25, -0.2) is 31.4 Å². The van der Waals surface area contributed by atoms with Crippen LogP contribution in [0, 0.1) is 29.1 Å². The molecule has 12 heteroatoms. The van der Waals surface area contributed by atoms with Gasteiger partial charge in [-0.15, -0.1) is 5.10 Å². The van der Waals surface area contributed by atoms with Gasteiger partial charge >= 0.3 is 5.97 Å². The van der Waals surface area contributed by atoms with E-state index in [9.17, 15) is 36.6 Å². The fourth-order valence-corrected chi connectivity index (χ4v) is 3.65. The Balaban J connectivity index is 2.00. The number of carboxylic acid groups (broad SMARTS) is 1. The summed E-state index contributed by atoms with van der Waals surface area (Å²) in [6.07, 6.45) is 0.732. The predicted molar refractivity (Wildman–Crippen MR) is 94.8 cm³/mol. The van der Waals surface area contributed by atoms with Crippen LogP contribution in [0.4, 0.5) is 39.0 Å². The highest BCUT2D eigenvalue weighted by Gasteiger charge is 2.41. The number of carbonyl (C=O) groups is 1. The van der Waals surface area contributed by atoms with Crippen LogP contribution in [0.25, 0.3) is 10.9 Å². The Morgan fingerprint density at radius 1 is 1.00 bits per heavy atom. The third kappa shape index (κ3) is 1.99. The molecule has 0 radical (unpaired) electrons. The summed E-state index contributed by atoms with van der Waals surface area (Å²) in [5.41, 5.74) is -3.67. The summed E-state index contributed by atoms with van der Waals surface area (Å²) in [7, 11) is 1.37. The van der Waals surface area contributed by atoms with Gasteiger partial charge in [-0.3, -0.25) is 9.69 Å². The zero-order valence-electron chi connectivity index (χ0n) is 14.7. The molecule has 0 amide bonds. The number of rotatable bonds is 1. The lowest BCUT2D eigenvalue weighted by molar-refractivity contribution is 0.0695. The Morgan fingerprint density at radius 3 is 2.27 bits per heavy atom. The lowest BCUT2D eigenvalue weighted by atomic mass is 10.1. The Labute approximate surface area is 162 Å². The fourth-order valence-electron chi connectivity index (χ4n) is 3.65. The summed E-state index contributed by atoms with van der Waals surface area (Å²) in [6, 6.07) is 1.52. The number of nitrogens with zero attached hydrogens (tertiary/aromatic N) is 4. The zero-order chi connectivity index (χ0) is 21.6. The number of hydrogen-bond donors (Lipinski definition) is 1. The van der Waals surface area contributed by atoms with E-state index in [2.05, 4.69) is 5.10 Å². The number of aromatic nitrogens is 1. The Kier molecular flexibility index (Phi) is 3.35. The van der Waals surface area contributed by atoms with Gasteiger partial charge in [0.15, 0.2) is 29.1 Å². The molecular weight excluding hydrogens is 415 g/mol. The van der Waals surface area contributed by atoms with Gasteiger partial charge in [0.1, 0.15) is 16.8 Å². The van der Waals surface area contributed by atoms with Gasteiger partial charge in [0, 0.05) is 25.4 Å². The number of halogens is 5. The quantitative estimate of drug-likeness (QED) is 0.482. The molecule has 1 aromatic heterocycles. The third-order valence-electron chi connectivity index (χ3n) is 5.00. The number of guanidine groups is 1. The van der Waals surface area contributed by atoms with Crippen LogP contribution in [0.3, 0.4) is 0 Å². The minimum Gasteiger partial charge on any atom is -0.477 e. The molecule has 1 N–H and O–H groups in total. The molecule has 0 saturated carbocycles. The summed E-state index contributed by atoms with van der Waals surface area (Å²) in [5, 5.41) is 12.3. The monoisotopic (exact) mass is 422 g/mol.